The molecule has 134 valence electrons. The maximum Gasteiger partial charge on any atom is 0.260 e. The molecule has 2 aromatic rings. The average molecular weight is 341 g/mol. The Balaban J connectivity index is 1.79. The molecule has 25 heavy (non-hydrogen) atoms. The Kier molecular flexibility index (Phi) is 6.45. The number of hydrogen-bond donors (Lipinski definition) is 1. The number of amides is 1. The quantitative estimate of drug-likeness (QED) is 0.778. The Morgan fingerprint density at radius 3 is 2.16 bits per heavy atom. The van der Waals surface area contributed by atoms with Gasteiger partial charge in [0.1, 0.15) is 18.1 Å². The van der Waals surface area contributed by atoms with Gasteiger partial charge < -0.3 is 14.8 Å². The highest BCUT2D eigenvalue weighted by Gasteiger charge is 2.15. The highest BCUT2D eigenvalue weighted by Crippen LogP contribution is 2.20. The zero-order chi connectivity index (χ0) is 18.4. The Hall–Kier alpha value is -2.49. The van der Waals surface area contributed by atoms with Crippen LogP contribution in [-0.2, 0) is 4.79 Å². The van der Waals surface area contributed by atoms with Crippen LogP contribution < -0.4 is 14.8 Å². The van der Waals surface area contributed by atoms with Crippen molar-refractivity contribution in [1.29, 1.82) is 0 Å². The lowest BCUT2D eigenvalue weighted by Crippen LogP contribution is -2.38. The van der Waals surface area contributed by atoms with Gasteiger partial charge in [0.05, 0.1) is 6.54 Å². The lowest BCUT2D eigenvalue weighted by molar-refractivity contribution is -0.127. The zero-order valence-corrected chi connectivity index (χ0v) is 15.7. The number of carbonyl (C=O) groups is 1. The van der Waals surface area contributed by atoms with Crippen LogP contribution >= 0.6 is 0 Å². The van der Waals surface area contributed by atoms with Crippen molar-refractivity contribution in [2.24, 2.45) is 0 Å². The van der Waals surface area contributed by atoms with Gasteiger partial charge in [-0.05, 0) is 69.0 Å². The fourth-order valence-corrected chi connectivity index (χ4v) is 2.42. The third-order valence-electron chi connectivity index (χ3n) is 4.02. The lowest BCUT2D eigenvalue weighted by atomic mass is 10.1. The van der Waals surface area contributed by atoms with Gasteiger partial charge >= 0.3 is 0 Å². The smallest absolute Gasteiger partial charge is 0.260 e. The summed E-state index contributed by atoms with van der Waals surface area (Å²) in [7, 11) is 0. The highest BCUT2D eigenvalue weighted by molar-refractivity contribution is 5.80. The summed E-state index contributed by atoms with van der Waals surface area (Å²) in [6, 6.07) is 12.1. The van der Waals surface area contributed by atoms with E-state index in [9.17, 15) is 4.79 Å². The average Bonchev–Trinajstić information content (AvgIpc) is 2.57. The Bertz CT molecular complexity index is 740. The van der Waals surface area contributed by atoms with Crippen LogP contribution in [0.4, 0.5) is 0 Å². The molecule has 0 heterocycles. The molecule has 0 unspecified atom stereocenters. The van der Waals surface area contributed by atoms with Gasteiger partial charge in [-0.25, -0.2) is 0 Å². The number of hydrogen-bond acceptors (Lipinski definition) is 3. The van der Waals surface area contributed by atoms with E-state index in [0.29, 0.717) is 13.2 Å². The topological polar surface area (TPSA) is 47.6 Å². The largest absolute Gasteiger partial charge is 0.491 e. The number of nitrogens with one attached hydrogen (secondary N) is 1. The first kappa shape index (κ1) is 18.8. The molecule has 0 fully saturated rings. The van der Waals surface area contributed by atoms with Gasteiger partial charge in [-0.15, -0.1) is 0 Å². The molecule has 0 aromatic heterocycles. The maximum absolute atomic E-state index is 12.2. The summed E-state index contributed by atoms with van der Waals surface area (Å²) < 4.78 is 11.5. The lowest BCUT2D eigenvalue weighted by Gasteiger charge is -2.17. The molecule has 0 bridgehead atoms. The normalized spacial score (nSPS) is 11.7. The van der Waals surface area contributed by atoms with Gasteiger partial charge in [0, 0.05) is 0 Å². The van der Waals surface area contributed by atoms with Crippen molar-refractivity contribution in [3.8, 4) is 11.5 Å². The minimum Gasteiger partial charge on any atom is -0.491 e. The molecular formula is C21H27NO3. The Morgan fingerprint density at radius 2 is 1.52 bits per heavy atom. The molecule has 1 N–H and O–H groups in total. The third-order valence-corrected chi connectivity index (χ3v) is 4.02. The van der Waals surface area contributed by atoms with E-state index in [1.54, 1.807) is 6.92 Å². The van der Waals surface area contributed by atoms with Crippen LogP contribution in [0.2, 0.25) is 0 Å². The summed E-state index contributed by atoms with van der Waals surface area (Å²) in [6.45, 7) is 10.6. The second kappa shape index (κ2) is 8.56. The number of carbonyl (C=O) groups excluding carboxylic acids is 1. The highest BCUT2D eigenvalue weighted by atomic mass is 16.5. The molecule has 1 atom stereocenters. The Labute approximate surface area is 150 Å². The van der Waals surface area contributed by atoms with E-state index in [1.165, 1.54) is 0 Å². The molecule has 0 saturated carbocycles. The van der Waals surface area contributed by atoms with Crippen LogP contribution in [-0.4, -0.2) is 25.2 Å². The third kappa shape index (κ3) is 5.52. The molecule has 0 spiro atoms. The van der Waals surface area contributed by atoms with Crippen molar-refractivity contribution in [2.45, 2.75) is 40.7 Å². The molecule has 0 radical (unpaired) electrons. The predicted molar refractivity (Wildman–Crippen MR) is 100 cm³/mol. The van der Waals surface area contributed by atoms with E-state index in [0.717, 1.165) is 33.8 Å². The number of rotatable bonds is 7. The summed E-state index contributed by atoms with van der Waals surface area (Å²) in [5.41, 5.74) is 4.36. The number of aryl methyl sites for hydroxylation is 4. The first-order valence-electron chi connectivity index (χ1n) is 8.58. The maximum atomic E-state index is 12.2. The number of benzene rings is 2. The summed E-state index contributed by atoms with van der Waals surface area (Å²) >= 11 is 0. The standard InChI is InChI=1S/C21H27NO3/c1-14-6-8-16(3)19(12-14)24-11-10-22-21(23)18(5)25-20-13-15(2)7-9-17(20)4/h6-9,12-13,18H,10-11H2,1-5H3,(H,22,23)/t18-/m0/s1. The van der Waals surface area contributed by atoms with Crippen molar-refractivity contribution >= 4 is 5.91 Å². The molecule has 2 aromatic carbocycles. The predicted octanol–water partition coefficient (Wildman–Crippen LogP) is 3.88. The summed E-state index contributed by atoms with van der Waals surface area (Å²) in [5, 5.41) is 2.85. The van der Waals surface area contributed by atoms with Crippen molar-refractivity contribution in [1.82, 2.24) is 5.32 Å². The zero-order valence-electron chi connectivity index (χ0n) is 15.7. The van der Waals surface area contributed by atoms with E-state index < -0.39 is 6.10 Å². The molecule has 4 nitrogen and oxygen atoms in total. The molecular weight excluding hydrogens is 314 g/mol. The molecule has 0 aliphatic heterocycles. The first-order chi connectivity index (χ1) is 11.9. The molecule has 2 rings (SSSR count). The van der Waals surface area contributed by atoms with E-state index in [4.69, 9.17) is 9.47 Å². The SMILES string of the molecule is Cc1ccc(C)c(OCCNC(=O)[C@H](C)Oc2cc(C)ccc2C)c1. The minimum absolute atomic E-state index is 0.148. The van der Waals surface area contributed by atoms with Crippen molar-refractivity contribution < 1.29 is 14.3 Å². The van der Waals surface area contributed by atoms with Crippen LogP contribution in [0.25, 0.3) is 0 Å². The van der Waals surface area contributed by atoms with Gasteiger partial charge in [0.2, 0.25) is 0 Å². The van der Waals surface area contributed by atoms with Crippen LogP contribution in [0.15, 0.2) is 36.4 Å². The fraction of sp³-hybridized carbons (Fsp3) is 0.381. The molecule has 4 heteroatoms. The summed E-state index contributed by atoms with van der Waals surface area (Å²) in [5.74, 6) is 1.45. The first-order valence-corrected chi connectivity index (χ1v) is 8.58. The second-order valence-corrected chi connectivity index (χ2v) is 6.44. The number of ether oxygens (including phenoxy) is 2. The monoisotopic (exact) mass is 341 g/mol. The van der Waals surface area contributed by atoms with Crippen molar-refractivity contribution in [3.63, 3.8) is 0 Å². The van der Waals surface area contributed by atoms with Gasteiger partial charge in [-0.3, -0.25) is 4.79 Å². The van der Waals surface area contributed by atoms with Crippen LogP contribution in [0.3, 0.4) is 0 Å². The molecule has 0 aliphatic carbocycles. The van der Waals surface area contributed by atoms with E-state index in [-0.39, 0.29) is 5.91 Å². The fourth-order valence-electron chi connectivity index (χ4n) is 2.42. The van der Waals surface area contributed by atoms with Gasteiger partial charge in [-0.1, -0.05) is 24.3 Å². The van der Waals surface area contributed by atoms with Crippen LogP contribution in [0.1, 0.15) is 29.2 Å². The molecule has 1 amide bonds. The summed E-state index contributed by atoms with van der Waals surface area (Å²) in [4.78, 5) is 12.2. The van der Waals surface area contributed by atoms with Crippen LogP contribution in [0, 0.1) is 27.7 Å². The van der Waals surface area contributed by atoms with E-state index >= 15 is 0 Å². The molecule has 0 aliphatic rings. The van der Waals surface area contributed by atoms with Gasteiger partial charge in [0.25, 0.3) is 5.91 Å². The summed E-state index contributed by atoms with van der Waals surface area (Å²) in [6.07, 6.45) is -0.554. The minimum atomic E-state index is -0.554. The Morgan fingerprint density at radius 1 is 0.960 bits per heavy atom. The van der Waals surface area contributed by atoms with Crippen molar-refractivity contribution in [2.75, 3.05) is 13.2 Å². The van der Waals surface area contributed by atoms with E-state index in [1.807, 2.05) is 58.0 Å². The van der Waals surface area contributed by atoms with Gasteiger partial charge in [0.15, 0.2) is 6.10 Å². The van der Waals surface area contributed by atoms with E-state index in [2.05, 4.69) is 11.4 Å². The van der Waals surface area contributed by atoms with Crippen molar-refractivity contribution in [3.05, 3.63) is 58.7 Å². The van der Waals surface area contributed by atoms with Gasteiger partial charge in [-0.2, -0.15) is 0 Å². The second-order valence-electron chi connectivity index (χ2n) is 6.44. The van der Waals surface area contributed by atoms with Crippen LogP contribution in [0.5, 0.6) is 11.5 Å². The molecule has 0 saturated heterocycles.